The monoisotopic (exact) mass is 336 g/mol. The van der Waals surface area contributed by atoms with Gasteiger partial charge in [0, 0.05) is 57.0 Å². The lowest BCUT2D eigenvalue weighted by molar-refractivity contribution is 0.161. The van der Waals surface area contributed by atoms with Crippen molar-refractivity contribution < 1.29 is 4.74 Å². The minimum atomic E-state index is 0.447. The van der Waals surface area contributed by atoms with Crippen molar-refractivity contribution in [2.75, 3.05) is 6.54 Å². The van der Waals surface area contributed by atoms with Crippen LogP contribution in [0.3, 0.4) is 0 Å². The summed E-state index contributed by atoms with van der Waals surface area (Å²) >= 11 is 0. The van der Waals surface area contributed by atoms with Crippen molar-refractivity contribution in [2.45, 2.75) is 32.7 Å². The Hall–Kier alpha value is -2.53. The number of benzene rings is 1. The molecule has 0 saturated carbocycles. The van der Waals surface area contributed by atoms with Crippen LogP contribution in [-0.4, -0.2) is 25.6 Å². The second-order valence-electron chi connectivity index (χ2n) is 6.66. The van der Waals surface area contributed by atoms with Gasteiger partial charge in [0.1, 0.15) is 18.2 Å². The fourth-order valence-corrected chi connectivity index (χ4v) is 3.45. The molecule has 1 atom stereocenters. The van der Waals surface area contributed by atoms with Crippen LogP contribution in [0.4, 0.5) is 0 Å². The van der Waals surface area contributed by atoms with E-state index >= 15 is 0 Å². The summed E-state index contributed by atoms with van der Waals surface area (Å²) in [5.74, 6) is 1.81. The third-order valence-corrected chi connectivity index (χ3v) is 5.07. The third kappa shape index (κ3) is 3.33. The van der Waals surface area contributed by atoms with Gasteiger partial charge in [-0.15, -0.1) is 0 Å². The molecule has 0 spiro atoms. The van der Waals surface area contributed by atoms with E-state index in [1.165, 1.54) is 11.3 Å². The Morgan fingerprint density at radius 2 is 1.96 bits per heavy atom. The normalized spacial score (nSPS) is 17.4. The number of fused-ring (bicyclic) bond motifs is 1. The van der Waals surface area contributed by atoms with Gasteiger partial charge < -0.3 is 13.9 Å². The Labute approximate surface area is 148 Å². The number of hydrogen-bond donors (Lipinski definition) is 0. The zero-order valence-corrected chi connectivity index (χ0v) is 14.8. The topological polar surface area (TPSA) is 35.2 Å². The fourth-order valence-electron chi connectivity index (χ4n) is 3.45. The molecular weight excluding hydrogens is 312 g/mol. The molecule has 1 unspecified atom stereocenters. The predicted octanol–water partition coefficient (Wildman–Crippen LogP) is 3.38. The highest BCUT2D eigenvalue weighted by molar-refractivity contribution is 5.27. The SMILES string of the molecule is CC1c2cccn2CCN1Cc1ccc(OCc2nccn2C)cc1. The Bertz CT molecular complexity index is 834. The fraction of sp³-hybridized carbons (Fsp3) is 0.350. The lowest BCUT2D eigenvalue weighted by Crippen LogP contribution is -2.35. The second kappa shape index (κ2) is 6.76. The maximum atomic E-state index is 5.83. The van der Waals surface area contributed by atoms with Crippen LogP contribution in [0.1, 0.15) is 30.0 Å². The highest BCUT2D eigenvalue weighted by atomic mass is 16.5. The van der Waals surface area contributed by atoms with Gasteiger partial charge in [-0.2, -0.15) is 0 Å². The van der Waals surface area contributed by atoms with Gasteiger partial charge in [0.2, 0.25) is 0 Å². The Kier molecular flexibility index (Phi) is 4.32. The first-order valence-electron chi connectivity index (χ1n) is 8.78. The van der Waals surface area contributed by atoms with E-state index in [1.807, 2.05) is 17.8 Å². The van der Waals surface area contributed by atoms with Crippen LogP contribution in [-0.2, 0) is 26.7 Å². The maximum Gasteiger partial charge on any atom is 0.146 e. The molecule has 0 fully saturated rings. The van der Waals surface area contributed by atoms with Gasteiger partial charge in [0.15, 0.2) is 0 Å². The third-order valence-electron chi connectivity index (χ3n) is 5.07. The molecule has 0 radical (unpaired) electrons. The Balaban J connectivity index is 1.37. The summed E-state index contributed by atoms with van der Waals surface area (Å²) in [6, 6.07) is 13.2. The van der Waals surface area contributed by atoms with Gasteiger partial charge in [-0.1, -0.05) is 12.1 Å². The summed E-state index contributed by atoms with van der Waals surface area (Å²) in [6.45, 7) is 5.89. The molecule has 5 nitrogen and oxygen atoms in total. The van der Waals surface area contributed by atoms with Crippen molar-refractivity contribution in [1.29, 1.82) is 0 Å². The number of aromatic nitrogens is 3. The smallest absolute Gasteiger partial charge is 0.146 e. The highest BCUT2D eigenvalue weighted by Crippen LogP contribution is 2.27. The zero-order chi connectivity index (χ0) is 17.2. The van der Waals surface area contributed by atoms with Gasteiger partial charge in [-0.05, 0) is 36.8 Å². The second-order valence-corrected chi connectivity index (χ2v) is 6.66. The van der Waals surface area contributed by atoms with Crippen molar-refractivity contribution in [3.63, 3.8) is 0 Å². The summed E-state index contributed by atoms with van der Waals surface area (Å²) in [5, 5.41) is 0. The van der Waals surface area contributed by atoms with E-state index in [0.717, 1.165) is 31.2 Å². The molecule has 0 N–H and O–H groups in total. The Morgan fingerprint density at radius 3 is 2.72 bits per heavy atom. The van der Waals surface area contributed by atoms with Crippen molar-refractivity contribution in [3.05, 3.63) is 72.1 Å². The molecule has 1 aliphatic heterocycles. The molecule has 1 aromatic carbocycles. The van der Waals surface area contributed by atoms with Crippen LogP contribution < -0.4 is 4.74 Å². The number of imidazole rings is 1. The van der Waals surface area contributed by atoms with Gasteiger partial charge >= 0.3 is 0 Å². The van der Waals surface area contributed by atoms with Crippen molar-refractivity contribution in [1.82, 2.24) is 19.0 Å². The van der Waals surface area contributed by atoms with Gasteiger partial charge in [-0.3, -0.25) is 4.90 Å². The van der Waals surface area contributed by atoms with E-state index in [2.05, 4.69) is 64.0 Å². The minimum absolute atomic E-state index is 0.447. The van der Waals surface area contributed by atoms with Gasteiger partial charge in [0.05, 0.1) is 0 Å². The lowest BCUT2D eigenvalue weighted by atomic mass is 10.1. The molecule has 0 aliphatic carbocycles. The zero-order valence-electron chi connectivity index (χ0n) is 14.8. The van der Waals surface area contributed by atoms with Crippen LogP contribution in [0.2, 0.25) is 0 Å². The van der Waals surface area contributed by atoms with E-state index in [9.17, 15) is 0 Å². The predicted molar refractivity (Wildman–Crippen MR) is 97.2 cm³/mol. The molecule has 130 valence electrons. The first kappa shape index (κ1) is 16.0. The van der Waals surface area contributed by atoms with Gasteiger partial charge in [0.25, 0.3) is 0 Å². The molecule has 5 heteroatoms. The standard InChI is InChI=1S/C20H24N4O/c1-16-19-4-3-10-23(19)12-13-24(16)14-17-5-7-18(8-6-17)25-15-20-21-9-11-22(20)2/h3-11,16H,12-15H2,1-2H3. The van der Waals surface area contributed by atoms with E-state index in [1.54, 1.807) is 6.20 Å². The summed E-state index contributed by atoms with van der Waals surface area (Å²) in [6.07, 6.45) is 5.90. The van der Waals surface area contributed by atoms with E-state index in [-0.39, 0.29) is 0 Å². The summed E-state index contributed by atoms with van der Waals surface area (Å²) in [5.41, 5.74) is 2.72. The average molecular weight is 336 g/mol. The first-order valence-corrected chi connectivity index (χ1v) is 8.78. The molecular formula is C20H24N4O. The van der Waals surface area contributed by atoms with E-state index in [4.69, 9.17) is 4.74 Å². The largest absolute Gasteiger partial charge is 0.486 e. The number of nitrogens with zero attached hydrogens (tertiary/aromatic N) is 4. The van der Waals surface area contributed by atoms with Crippen LogP contribution in [0.25, 0.3) is 0 Å². The van der Waals surface area contributed by atoms with Crippen LogP contribution in [0, 0.1) is 0 Å². The Morgan fingerprint density at radius 1 is 1.12 bits per heavy atom. The molecule has 0 saturated heterocycles. The van der Waals surface area contributed by atoms with Crippen LogP contribution in [0.15, 0.2) is 55.0 Å². The molecule has 4 rings (SSSR count). The molecule has 0 bridgehead atoms. The average Bonchev–Trinajstić information content (AvgIpc) is 3.26. The number of aryl methyl sites for hydroxylation is 1. The summed E-state index contributed by atoms with van der Waals surface area (Å²) < 4.78 is 10.2. The number of ether oxygens (including phenoxy) is 1. The summed E-state index contributed by atoms with van der Waals surface area (Å²) in [7, 11) is 1.98. The first-order chi connectivity index (χ1) is 12.2. The molecule has 3 aromatic rings. The number of rotatable bonds is 5. The van der Waals surface area contributed by atoms with E-state index < -0.39 is 0 Å². The molecule has 0 amide bonds. The minimum Gasteiger partial charge on any atom is -0.486 e. The van der Waals surface area contributed by atoms with Crippen LogP contribution >= 0.6 is 0 Å². The van der Waals surface area contributed by atoms with Gasteiger partial charge in [-0.25, -0.2) is 4.98 Å². The molecule has 1 aliphatic rings. The number of hydrogen-bond acceptors (Lipinski definition) is 3. The summed E-state index contributed by atoms with van der Waals surface area (Å²) in [4.78, 5) is 6.80. The molecule has 2 aromatic heterocycles. The van der Waals surface area contributed by atoms with Crippen molar-refractivity contribution >= 4 is 0 Å². The highest BCUT2D eigenvalue weighted by Gasteiger charge is 2.23. The van der Waals surface area contributed by atoms with Crippen molar-refractivity contribution in [2.24, 2.45) is 7.05 Å². The van der Waals surface area contributed by atoms with E-state index in [0.29, 0.717) is 12.6 Å². The van der Waals surface area contributed by atoms with Crippen LogP contribution in [0.5, 0.6) is 5.75 Å². The molecule has 3 heterocycles. The quantitative estimate of drug-likeness (QED) is 0.716. The van der Waals surface area contributed by atoms with Crippen molar-refractivity contribution in [3.8, 4) is 5.75 Å². The molecule has 25 heavy (non-hydrogen) atoms. The lowest BCUT2D eigenvalue weighted by Gasteiger charge is -2.34. The maximum absolute atomic E-state index is 5.83.